The fourth-order valence-corrected chi connectivity index (χ4v) is 4.87. The third-order valence-electron chi connectivity index (χ3n) is 5.69. The van der Waals surface area contributed by atoms with Crippen LogP contribution < -0.4 is 5.14 Å². The number of sulfonamides is 1. The van der Waals surface area contributed by atoms with E-state index in [-0.39, 0.29) is 10.8 Å². The highest BCUT2D eigenvalue weighted by Crippen LogP contribution is 2.34. The van der Waals surface area contributed by atoms with Gasteiger partial charge in [0, 0.05) is 19.0 Å². The Bertz CT molecular complexity index is 694. The Morgan fingerprint density at radius 3 is 2.36 bits per heavy atom. The van der Waals surface area contributed by atoms with Gasteiger partial charge in [-0.25, -0.2) is 13.6 Å². The van der Waals surface area contributed by atoms with Gasteiger partial charge in [-0.15, -0.1) is 0 Å². The largest absolute Gasteiger partial charge is 0.339 e. The standard InChI is InChI=1S/C19H28N2O3S/c20-25(23,24)17-11-8-15(9-12-17)10-13-19(22)21-14-4-7-18(21)16-5-2-1-3-6-16/h8-9,11-12,16,18H,1-7,10,13-14H2,(H2,20,23,24)/t18-/m0/s1. The summed E-state index contributed by atoms with van der Waals surface area (Å²) in [7, 11) is -3.66. The molecule has 1 atom stereocenters. The first-order chi connectivity index (χ1) is 11.9. The molecule has 2 fully saturated rings. The van der Waals surface area contributed by atoms with Crippen LogP contribution in [0.2, 0.25) is 0 Å². The van der Waals surface area contributed by atoms with Gasteiger partial charge < -0.3 is 4.90 Å². The van der Waals surface area contributed by atoms with Gasteiger partial charge in [0.15, 0.2) is 0 Å². The van der Waals surface area contributed by atoms with E-state index in [9.17, 15) is 13.2 Å². The summed E-state index contributed by atoms with van der Waals surface area (Å²) in [6.07, 6.45) is 9.88. The lowest BCUT2D eigenvalue weighted by molar-refractivity contribution is -0.133. The number of rotatable bonds is 5. The van der Waals surface area contributed by atoms with Gasteiger partial charge in [-0.1, -0.05) is 31.4 Å². The SMILES string of the molecule is NS(=O)(=O)c1ccc(CCC(=O)N2CCC[C@H]2C2CCCCC2)cc1. The summed E-state index contributed by atoms with van der Waals surface area (Å²) < 4.78 is 22.6. The Kier molecular flexibility index (Phi) is 5.79. The summed E-state index contributed by atoms with van der Waals surface area (Å²) in [6, 6.07) is 6.95. The predicted octanol–water partition coefficient (Wildman–Crippen LogP) is 2.84. The maximum absolute atomic E-state index is 12.7. The maximum Gasteiger partial charge on any atom is 0.238 e. The van der Waals surface area contributed by atoms with Crippen molar-refractivity contribution in [1.29, 1.82) is 0 Å². The van der Waals surface area contributed by atoms with Gasteiger partial charge in [0.1, 0.15) is 0 Å². The summed E-state index contributed by atoms with van der Waals surface area (Å²) in [5.41, 5.74) is 0.967. The van der Waals surface area contributed by atoms with Crippen LogP contribution in [-0.4, -0.2) is 31.8 Å². The molecule has 138 valence electrons. The van der Waals surface area contributed by atoms with Crippen LogP contribution >= 0.6 is 0 Å². The van der Waals surface area contributed by atoms with E-state index in [1.54, 1.807) is 12.1 Å². The second kappa shape index (κ2) is 7.87. The summed E-state index contributed by atoms with van der Waals surface area (Å²) >= 11 is 0. The molecule has 1 saturated carbocycles. The number of nitrogens with two attached hydrogens (primary N) is 1. The first kappa shape index (κ1) is 18.4. The van der Waals surface area contributed by atoms with E-state index in [1.165, 1.54) is 44.2 Å². The zero-order chi connectivity index (χ0) is 17.9. The fourth-order valence-electron chi connectivity index (χ4n) is 4.35. The topological polar surface area (TPSA) is 80.5 Å². The van der Waals surface area contributed by atoms with Crippen molar-refractivity contribution in [2.24, 2.45) is 11.1 Å². The average Bonchev–Trinajstić information content (AvgIpc) is 3.10. The Balaban J connectivity index is 1.56. The molecule has 2 aliphatic rings. The molecule has 1 aromatic rings. The fraction of sp³-hybridized carbons (Fsp3) is 0.632. The number of likely N-dealkylation sites (tertiary alicyclic amines) is 1. The molecule has 6 heteroatoms. The van der Waals surface area contributed by atoms with Gasteiger partial charge >= 0.3 is 0 Å². The first-order valence-corrected chi connectivity index (χ1v) is 10.9. The summed E-state index contributed by atoms with van der Waals surface area (Å²) in [4.78, 5) is 14.9. The average molecular weight is 365 g/mol. The third-order valence-corrected chi connectivity index (χ3v) is 6.62. The van der Waals surface area contributed by atoms with Crippen LogP contribution in [0.3, 0.4) is 0 Å². The monoisotopic (exact) mass is 364 g/mol. The minimum atomic E-state index is -3.66. The van der Waals surface area contributed by atoms with Crippen LogP contribution in [0.5, 0.6) is 0 Å². The van der Waals surface area contributed by atoms with E-state index in [0.717, 1.165) is 24.9 Å². The number of nitrogens with zero attached hydrogens (tertiary/aromatic N) is 1. The van der Waals surface area contributed by atoms with E-state index in [2.05, 4.69) is 4.90 Å². The van der Waals surface area contributed by atoms with Crippen LogP contribution in [0.15, 0.2) is 29.2 Å². The number of carbonyl (C=O) groups is 1. The third kappa shape index (κ3) is 4.61. The first-order valence-electron chi connectivity index (χ1n) is 9.36. The Hall–Kier alpha value is -1.40. The summed E-state index contributed by atoms with van der Waals surface area (Å²) in [6.45, 7) is 0.893. The number of primary sulfonamides is 1. The highest BCUT2D eigenvalue weighted by molar-refractivity contribution is 7.89. The number of hydrogen-bond acceptors (Lipinski definition) is 3. The molecule has 1 amide bonds. The number of amides is 1. The van der Waals surface area contributed by atoms with Crippen molar-refractivity contribution in [3.05, 3.63) is 29.8 Å². The lowest BCUT2D eigenvalue weighted by Crippen LogP contribution is -2.40. The number of carbonyl (C=O) groups excluding carboxylic acids is 1. The maximum atomic E-state index is 12.7. The second-order valence-electron chi connectivity index (χ2n) is 7.38. The van der Waals surface area contributed by atoms with Crippen molar-refractivity contribution in [3.63, 3.8) is 0 Å². The highest BCUT2D eigenvalue weighted by atomic mass is 32.2. The number of aryl methyl sites for hydroxylation is 1. The van der Waals surface area contributed by atoms with Gasteiger partial charge in [0.25, 0.3) is 0 Å². The molecule has 25 heavy (non-hydrogen) atoms. The van der Waals surface area contributed by atoms with E-state index in [4.69, 9.17) is 5.14 Å². The van der Waals surface area contributed by atoms with Gasteiger partial charge in [0.2, 0.25) is 15.9 Å². The molecule has 2 N–H and O–H groups in total. The minimum absolute atomic E-state index is 0.111. The van der Waals surface area contributed by atoms with Crippen LogP contribution in [0.4, 0.5) is 0 Å². The lowest BCUT2D eigenvalue weighted by atomic mass is 9.83. The molecular weight excluding hydrogens is 336 g/mol. The Morgan fingerprint density at radius 1 is 1.04 bits per heavy atom. The van der Waals surface area contributed by atoms with Gasteiger partial charge in [-0.3, -0.25) is 4.79 Å². The molecule has 0 spiro atoms. The zero-order valence-corrected chi connectivity index (χ0v) is 15.5. The van der Waals surface area contributed by atoms with Crippen LogP contribution in [-0.2, 0) is 21.2 Å². The predicted molar refractivity (Wildman–Crippen MR) is 97.4 cm³/mol. The van der Waals surface area contributed by atoms with E-state index in [0.29, 0.717) is 24.8 Å². The second-order valence-corrected chi connectivity index (χ2v) is 8.95. The molecule has 0 unspecified atom stereocenters. The van der Waals surface area contributed by atoms with Crippen molar-refractivity contribution in [2.75, 3.05) is 6.54 Å². The Labute approximate surface area is 150 Å². The summed E-state index contributed by atoms with van der Waals surface area (Å²) in [5, 5.41) is 5.11. The molecule has 1 aliphatic heterocycles. The van der Waals surface area contributed by atoms with Crippen molar-refractivity contribution in [1.82, 2.24) is 4.90 Å². The molecule has 1 heterocycles. The van der Waals surface area contributed by atoms with Crippen LogP contribution in [0.25, 0.3) is 0 Å². The molecular formula is C19H28N2O3S. The molecule has 1 saturated heterocycles. The van der Waals surface area contributed by atoms with Gasteiger partial charge in [0.05, 0.1) is 4.90 Å². The minimum Gasteiger partial charge on any atom is -0.339 e. The summed E-state index contributed by atoms with van der Waals surface area (Å²) in [5.74, 6) is 0.929. The van der Waals surface area contributed by atoms with Crippen LogP contribution in [0, 0.1) is 5.92 Å². The van der Waals surface area contributed by atoms with Crippen molar-refractivity contribution in [3.8, 4) is 0 Å². The van der Waals surface area contributed by atoms with E-state index in [1.807, 2.05) is 0 Å². The van der Waals surface area contributed by atoms with Crippen molar-refractivity contribution in [2.45, 2.75) is 68.7 Å². The molecule has 0 aromatic heterocycles. The number of hydrogen-bond donors (Lipinski definition) is 1. The van der Waals surface area contributed by atoms with Crippen molar-refractivity contribution >= 4 is 15.9 Å². The molecule has 5 nitrogen and oxygen atoms in total. The molecule has 0 bridgehead atoms. The number of benzene rings is 1. The Morgan fingerprint density at radius 2 is 1.72 bits per heavy atom. The van der Waals surface area contributed by atoms with E-state index < -0.39 is 10.0 Å². The molecule has 1 aromatic carbocycles. The molecule has 3 rings (SSSR count). The molecule has 1 aliphatic carbocycles. The zero-order valence-electron chi connectivity index (χ0n) is 14.7. The molecule has 0 radical (unpaired) electrons. The normalized spacial score (nSPS) is 22.3. The smallest absolute Gasteiger partial charge is 0.238 e. The highest BCUT2D eigenvalue weighted by Gasteiger charge is 2.34. The lowest BCUT2D eigenvalue weighted by Gasteiger charge is -2.34. The van der Waals surface area contributed by atoms with Gasteiger partial charge in [-0.2, -0.15) is 0 Å². The van der Waals surface area contributed by atoms with Crippen LogP contribution in [0.1, 0.15) is 56.9 Å². The van der Waals surface area contributed by atoms with E-state index >= 15 is 0 Å². The van der Waals surface area contributed by atoms with Crippen molar-refractivity contribution < 1.29 is 13.2 Å². The quantitative estimate of drug-likeness (QED) is 0.872. The van der Waals surface area contributed by atoms with Gasteiger partial charge in [-0.05, 0) is 55.7 Å².